The van der Waals surface area contributed by atoms with Gasteiger partial charge in [0.15, 0.2) is 14.9 Å². The fraction of sp³-hybridized carbons (Fsp3) is 0.684. The molecule has 2 aromatic heterocycles. The van der Waals surface area contributed by atoms with Gasteiger partial charge in [-0.3, -0.25) is 9.59 Å². The second-order valence-corrected chi connectivity index (χ2v) is 15.2. The second-order valence-electron chi connectivity index (χ2n) is 13.6. The van der Waals surface area contributed by atoms with E-state index in [1.165, 1.54) is 44.9 Å². The number of unbranched alkanes of at least 4 members (excludes halogenated alkanes) is 8. The zero-order valence-electron chi connectivity index (χ0n) is 28.7. The highest BCUT2D eigenvalue weighted by molar-refractivity contribution is 9.10. The van der Waals surface area contributed by atoms with Crippen LogP contribution in [-0.2, 0) is 15.1 Å². The molecule has 2 aromatic rings. The van der Waals surface area contributed by atoms with Crippen molar-refractivity contribution in [1.29, 1.82) is 0 Å². The lowest BCUT2D eigenvalue weighted by Gasteiger charge is -2.40. The monoisotopic (exact) mass is 762 g/mol. The Labute approximate surface area is 294 Å². The second kappa shape index (κ2) is 18.1. The predicted octanol–water partition coefficient (Wildman–Crippen LogP) is 11.2. The van der Waals surface area contributed by atoms with Crippen LogP contribution < -0.4 is 0 Å². The molecule has 256 valence electrons. The van der Waals surface area contributed by atoms with Crippen LogP contribution in [0.2, 0.25) is 0 Å². The van der Waals surface area contributed by atoms with Crippen LogP contribution in [0.5, 0.6) is 0 Å². The van der Waals surface area contributed by atoms with Crippen molar-refractivity contribution in [2.75, 3.05) is 19.6 Å². The summed E-state index contributed by atoms with van der Waals surface area (Å²) in [7, 11) is 0. The number of rotatable bonds is 22. The van der Waals surface area contributed by atoms with Gasteiger partial charge in [0.1, 0.15) is 11.5 Å². The molecule has 4 rings (SSSR count). The smallest absolute Gasteiger partial charge is 0.254 e. The quantitative estimate of drug-likeness (QED) is 0.112. The van der Waals surface area contributed by atoms with Gasteiger partial charge < -0.3 is 18.6 Å². The zero-order chi connectivity index (χ0) is 33.1. The van der Waals surface area contributed by atoms with Crippen molar-refractivity contribution >= 4 is 43.7 Å². The van der Waals surface area contributed by atoms with Crippen LogP contribution in [0, 0.1) is 11.8 Å². The van der Waals surface area contributed by atoms with Crippen molar-refractivity contribution in [3.05, 3.63) is 56.3 Å². The summed E-state index contributed by atoms with van der Waals surface area (Å²) in [5, 5.41) is 0. The summed E-state index contributed by atoms with van der Waals surface area (Å²) in [6, 6.07) is 7.49. The minimum atomic E-state index is -1.26. The van der Waals surface area contributed by atoms with Gasteiger partial charge in [0.25, 0.3) is 11.8 Å². The number of nitrogens with zero attached hydrogens (tertiary/aromatic N) is 2. The number of carbonyl (C=O) groups is 2. The third kappa shape index (κ3) is 8.43. The van der Waals surface area contributed by atoms with Crippen LogP contribution >= 0.6 is 31.9 Å². The lowest BCUT2D eigenvalue weighted by Crippen LogP contribution is -2.52. The Morgan fingerprint density at radius 1 is 0.652 bits per heavy atom. The van der Waals surface area contributed by atoms with E-state index >= 15 is 0 Å². The molecule has 2 atom stereocenters. The maximum atomic E-state index is 14.7. The number of hydrogen-bond donors (Lipinski definition) is 0. The minimum absolute atomic E-state index is 0.0611. The molecule has 0 aliphatic carbocycles. The Balaban J connectivity index is 1.73. The Morgan fingerprint density at radius 3 is 1.59 bits per heavy atom. The molecule has 0 radical (unpaired) electrons. The minimum Gasteiger partial charge on any atom is -0.451 e. The number of furan rings is 2. The first kappa shape index (κ1) is 37.0. The molecular weight excluding hydrogens is 708 g/mol. The molecule has 0 N–H and O–H groups in total. The summed E-state index contributed by atoms with van der Waals surface area (Å²) in [4.78, 5) is 33.3. The largest absolute Gasteiger partial charge is 0.451 e. The Kier molecular flexibility index (Phi) is 14.6. The number of hydrogen-bond acceptors (Lipinski definition) is 4. The first-order valence-corrected chi connectivity index (χ1v) is 19.8. The van der Waals surface area contributed by atoms with Crippen LogP contribution in [0.4, 0.5) is 0 Å². The van der Waals surface area contributed by atoms with Crippen LogP contribution in [0.1, 0.15) is 142 Å². The fourth-order valence-corrected chi connectivity index (χ4v) is 8.19. The first-order valence-electron chi connectivity index (χ1n) is 18.2. The van der Waals surface area contributed by atoms with E-state index in [0.717, 1.165) is 57.8 Å². The summed E-state index contributed by atoms with van der Waals surface area (Å²) >= 11 is 7.04. The van der Waals surface area contributed by atoms with E-state index in [0.29, 0.717) is 63.5 Å². The average Bonchev–Trinajstić information content (AvgIpc) is 3.81. The molecule has 0 aromatic carbocycles. The summed E-state index contributed by atoms with van der Waals surface area (Å²) in [6.07, 6.45) is 18.5. The summed E-state index contributed by atoms with van der Waals surface area (Å²) in [6.45, 7) is 10.5. The lowest BCUT2D eigenvalue weighted by molar-refractivity contribution is -0.134. The van der Waals surface area contributed by atoms with Crippen LogP contribution in [0.3, 0.4) is 0 Å². The molecule has 4 heterocycles. The standard InChI is InChI=1S/C38H56Br2N2O4/c1-5-9-13-15-19-28(17-11-7-3)25-41-27-30-35(37(41)44)38(31-21-23-33(39)45-31,32-22-24-34(40)46-32)42(36(30)43)26-29(18-12-8-4)20-16-14-10-6-2/h21-24,28-29H,5-20,25-27H2,1-4H3. The Bertz CT molecular complexity index is 1250. The van der Waals surface area contributed by atoms with Gasteiger partial charge >= 0.3 is 0 Å². The normalized spacial score (nSPS) is 17.4. The SMILES string of the molecule is CCCCCCC(CCCC)CN1CC2=C(C1=O)C(c1ccc(Br)o1)(c1ccc(Br)o1)N(CC(CCCC)CCCCCC)C2=O. The molecular formula is C38H56Br2N2O4. The molecule has 2 unspecified atom stereocenters. The summed E-state index contributed by atoms with van der Waals surface area (Å²) in [5.74, 6) is 1.71. The maximum Gasteiger partial charge on any atom is 0.254 e. The molecule has 0 fully saturated rings. The first-order chi connectivity index (χ1) is 22.3. The third-order valence-corrected chi connectivity index (χ3v) is 10.9. The number of carbonyl (C=O) groups excluding carboxylic acids is 2. The van der Waals surface area contributed by atoms with Gasteiger partial charge in [0.2, 0.25) is 0 Å². The Morgan fingerprint density at radius 2 is 1.13 bits per heavy atom. The van der Waals surface area contributed by atoms with Gasteiger partial charge in [-0.15, -0.1) is 0 Å². The lowest BCUT2D eigenvalue weighted by atomic mass is 9.82. The van der Waals surface area contributed by atoms with Crippen molar-refractivity contribution in [1.82, 2.24) is 9.80 Å². The molecule has 2 amide bonds. The van der Waals surface area contributed by atoms with Gasteiger partial charge in [-0.1, -0.05) is 105 Å². The fourth-order valence-electron chi connectivity index (χ4n) is 7.57. The van der Waals surface area contributed by atoms with Crippen molar-refractivity contribution in [3.63, 3.8) is 0 Å². The molecule has 0 spiro atoms. The van der Waals surface area contributed by atoms with Crippen molar-refractivity contribution in [3.8, 4) is 0 Å². The highest BCUT2D eigenvalue weighted by Gasteiger charge is 2.63. The molecule has 2 aliphatic heterocycles. The molecule has 0 bridgehead atoms. The van der Waals surface area contributed by atoms with Crippen molar-refractivity contribution in [2.24, 2.45) is 11.8 Å². The average molecular weight is 765 g/mol. The van der Waals surface area contributed by atoms with Crippen LogP contribution in [0.25, 0.3) is 0 Å². The molecule has 0 saturated carbocycles. The molecule has 6 nitrogen and oxygen atoms in total. The molecule has 0 saturated heterocycles. The number of amides is 2. The topological polar surface area (TPSA) is 66.9 Å². The van der Waals surface area contributed by atoms with Gasteiger partial charge in [0, 0.05) is 18.7 Å². The van der Waals surface area contributed by atoms with E-state index in [-0.39, 0.29) is 11.8 Å². The van der Waals surface area contributed by atoms with E-state index in [2.05, 4.69) is 59.6 Å². The zero-order valence-corrected chi connectivity index (χ0v) is 31.9. The van der Waals surface area contributed by atoms with Gasteiger partial charge in [-0.25, -0.2) is 0 Å². The van der Waals surface area contributed by atoms with Crippen molar-refractivity contribution in [2.45, 2.75) is 136 Å². The third-order valence-electron chi connectivity index (χ3n) is 10.1. The van der Waals surface area contributed by atoms with Crippen LogP contribution in [0.15, 0.2) is 53.6 Å². The number of halogens is 2. The summed E-state index contributed by atoms with van der Waals surface area (Å²) < 4.78 is 13.8. The van der Waals surface area contributed by atoms with E-state index < -0.39 is 5.54 Å². The van der Waals surface area contributed by atoms with E-state index in [1.807, 2.05) is 34.1 Å². The highest BCUT2D eigenvalue weighted by Crippen LogP contribution is 2.53. The van der Waals surface area contributed by atoms with E-state index in [9.17, 15) is 9.59 Å². The molecule has 2 aliphatic rings. The Hall–Kier alpha value is -1.80. The van der Waals surface area contributed by atoms with Gasteiger partial charge in [-0.05, 0) is 93.6 Å². The predicted molar refractivity (Wildman–Crippen MR) is 192 cm³/mol. The molecule has 8 heteroatoms. The summed E-state index contributed by atoms with van der Waals surface area (Å²) in [5.41, 5.74) is -0.142. The van der Waals surface area contributed by atoms with Gasteiger partial charge in [0.05, 0.1) is 12.1 Å². The van der Waals surface area contributed by atoms with E-state index in [1.54, 1.807) is 0 Å². The van der Waals surface area contributed by atoms with Crippen molar-refractivity contribution < 1.29 is 18.4 Å². The maximum absolute atomic E-state index is 14.7. The van der Waals surface area contributed by atoms with Crippen LogP contribution in [-0.4, -0.2) is 41.2 Å². The highest BCUT2D eigenvalue weighted by atomic mass is 79.9. The van der Waals surface area contributed by atoms with Gasteiger partial charge in [-0.2, -0.15) is 0 Å². The van der Waals surface area contributed by atoms with E-state index in [4.69, 9.17) is 8.83 Å². The molecule has 46 heavy (non-hydrogen) atoms.